The molecule has 1 aliphatic rings. The summed E-state index contributed by atoms with van der Waals surface area (Å²) in [4.78, 5) is 17.0. The zero-order valence-electron chi connectivity index (χ0n) is 29.5. The van der Waals surface area contributed by atoms with E-state index in [0.717, 1.165) is 48.9 Å². The van der Waals surface area contributed by atoms with Crippen LogP contribution in [0.15, 0.2) is 66.4 Å². The Morgan fingerprint density at radius 1 is 0.935 bits per heavy atom. The largest absolute Gasteiger partial charge is 0.512 e. The van der Waals surface area contributed by atoms with Crippen molar-refractivity contribution in [1.82, 2.24) is 4.98 Å². The Labute approximate surface area is 291 Å². The van der Waals surface area contributed by atoms with Crippen LogP contribution in [0.25, 0.3) is 32.9 Å². The maximum atomic E-state index is 11.7. The van der Waals surface area contributed by atoms with Crippen molar-refractivity contribution in [3.8, 4) is 11.3 Å². The van der Waals surface area contributed by atoms with Crippen molar-refractivity contribution in [3.63, 3.8) is 0 Å². The van der Waals surface area contributed by atoms with Crippen molar-refractivity contribution < 1.29 is 30.0 Å². The van der Waals surface area contributed by atoms with E-state index in [1.54, 1.807) is 0 Å². The number of pyridine rings is 1. The molecule has 0 fully saturated rings. The fraction of sp³-hybridized carbons (Fsp3) is 0.476. The minimum Gasteiger partial charge on any atom is -0.512 e. The number of carbonyl (C=O) groups excluding carboxylic acids is 1. The van der Waals surface area contributed by atoms with Gasteiger partial charge in [-0.15, -0.1) is 29.1 Å². The number of rotatable bonds is 8. The van der Waals surface area contributed by atoms with Crippen LogP contribution in [-0.4, -0.2) is 15.9 Å². The first-order valence-electron chi connectivity index (χ1n) is 17.2. The number of aliphatic hydroxyl groups excluding tert-OH is 1. The number of carbonyl (C=O) groups is 1. The maximum absolute atomic E-state index is 11.7. The Morgan fingerprint density at radius 3 is 2.13 bits per heavy atom. The summed E-state index contributed by atoms with van der Waals surface area (Å²) in [6.45, 7) is 19.7. The molecule has 1 N–H and O–H groups in total. The first-order chi connectivity index (χ1) is 21.4. The number of aliphatic hydroxyl groups is 1. The van der Waals surface area contributed by atoms with Crippen molar-refractivity contribution in [2.24, 2.45) is 11.8 Å². The number of para-hydroxylation sites is 1. The van der Waals surface area contributed by atoms with Gasteiger partial charge in [-0.25, -0.2) is 0 Å². The van der Waals surface area contributed by atoms with Crippen molar-refractivity contribution in [2.45, 2.75) is 118 Å². The van der Waals surface area contributed by atoms with E-state index in [2.05, 4.69) is 95.3 Å². The van der Waals surface area contributed by atoms with Gasteiger partial charge in [-0.1, -0.05) is 110 Å². The third-order valence-electron chi connectivity index (χ3n) is 9.83. The van der Waals surface area contributed by atoms with E-state index in [0.29, 0.717) is 0 Å². The van der Waals surface area contributed by atoms with Crippen LogP contribution < -0.4 is 0 Å². The second-order valence-corrected chi connectivity index (χ2v) is 14.5. The number of allylic oxidation sites excluding steroid dienone is 2. The summed E-state index contributed by atoms with van der Waals surface area (Å²) < 4.78 is 0. The van der Waals surface area contributed by atoms with E-state index in [-0.39, 0.29) is 54.3 Å². The van der Waals surface area contributed by atoms with E-state index in [4.69, 9.17) is 4.98 Å². The molecule has 0 aliphatic heterocycles. The SMILES string of the molecule is CC(C)(C)c1cc(-c2nc3ccccc3c3c2C(C)(C)CCC3)[c-]c2ccccc12.CCC(CC)C(=O)/C=C(\O)C(CC)CC.[Ir]. The standard InChI is InChI=1S/C29H30N.C13H24O2.Ir/c1-28(2,3)24-18-20(17-19-11-6-7-12-21(19)24)27-26-23(14-10-16-29(26,4)5)22-13-8-9-15-25(22)30-27;1-5-10(6-2)12(14)9-13(15)11(7-3)8-4;/h6-9,11-13,15,18H,10,14,16H2,1-5H3;9-11,14H,5-8H2,1-4H3;/q-1;;/b;12-9-;. The average molecular weight is 797 g/mol. The maximum Gasteiger partial charge on any atom is 0.162 e. The topological polar surface area (TPSA) is 50.2 Å². The summed E-state index contributed by atoms with van der Waals surface area (Å²) >= 11 is 0. The monoisotopic (exact) mass is 797 g/mol. The molecule has 1 radical (unpaired) electrons. The Balaban J connectivity index is 0.000000309. The van der Waals surface area contributed by atoms with Gasteiger partial charge in [-0.3, -0.25) is 9.78 Å². The Bertz CT molecular complexity index is 1670. The summed E-state index contributed by atoms with van der Waals surface area (Å²) in [6.07, 6.45) is 8.48. The fourth-order valence-electron chi connectivity index (χ4n) is 7.05. The second-order valence-electron chi connectivity index (χ2n) is 14.5. The number of aromatic nitrogens is 1. The van der Waals surface area contributed by atoms with Crippen LogP contribution in [0, 0.1) is 17.9 Å². The smallest absolute Gasteiger partial charge is 0.162 e. The Morgan fingerprint density at radius 2 is 1.52 bits per heavy atom. The van der Waals surface area contributed by atoms with Crippen molar-refractivity contribution in [2.75, 3.05) is 0 Å². The van der Waals surface area contributed by atoms with Crippen LogP contribution in [0.2, 0.25) is 0 Å². The number of fused-ring (bicyclic) bond motifs is 4. The molecule has 5 rings (SSSR count). The first kappa shape index (κ1) is 37.6. The average Bonchev–Trinajstić information content (AvgIpc) is 3.01. The third-order valence-corrected chi connectivity index (χ3v) is 9.83. The van der Waals surface area contributed by atoms with E-state index < -0.39 is 0 Å². The van der Waals surface area contributed by atoms with Gasteiger partial charge in [0.05, 0.1) is 11.3 Å². The summed E-state index contributed by atoms with van der Waals surface area (Å²) in [6, 6.07) is 23.4. The van der Waals surface area contributed by atoms with Gasteiger partial charge >= 0.3 is 0 Å². The number of benzene rings is 3. The minimum atomic E-state index is 0. The van der Waals surface area contributed by atoms with E-state index in [1.165, 1.54) is 51.8 Å². The van der Waals surface area contributed by atoms with Crippen molar-refractivity contribution in [1.29, 1.82) is 0 Å². The first-order valence-corrected chi connectivity index (χ1v) is 17.2. The van der Waals surface area contributed by atoms with Gasteiger partial charge < -0.3 is 5.11 Å². The Hall–Kier alpha value is -2.81. The van der Waals surface area contributed by atoms with E-state index in [1.807, 2.05) is 27.7 Å². The van der Waals surface area contributed by atoms with Crippen molar-refractivity contribution in [3.05, 3.63) is 89.2 Å². The number of aryl methyl sites for hydroxylation is 1. The van der Waals surface area contributed by atoms with Gasteiger partial charge in [-0.05, 0) is 73.0 Å². The summed E-state index contributed by atoms with van der Waals surface area (Å²) in [5.74, 6) is 0.547. The molecular weight excluding hydrogens is 743 g/mol. The number of ketones is 1. The molecule has 1 heterocycles. The molecule has 0 bridgehead atoms. The molecular formula is C42H54IrNO2-. The van der Waals surface area contributed by atoms with Gasteiger partial charge in [0.1, 0.15) is 0 Å². The fourth-order valence-corrected chi connectivity index (χ4v) is 7.05. The van der Waals surface area contributed by atoms with Crippen LogP contribution >= 0.6 is 0 Å². The Kier molecular flexibility index (Phi) is 13.0. The molecule has 1 aromatic heterocycles. The molecule has 249 valence electrons. The van der Waals surface area contributed by atoms with Crippen LogP contribution in [0.3, 0.4) is 0 Å². The normalized spacial score (nSPS) is 14.5. The minimum absolute atomic E-state index is 0. The van der Waals surface area contributed by atoms with E-state index >= 15 is 0 Å². The third kappa shape index (κ3) is 8.18. The van der Waals surface area contributed by atoms with Crippen LogP contribution in [0.5, 0.6) is 0 Å². The number of nitrogens with zero attached hydrogens (tertiary/aromatic N) is 1. The summed E-state index contributed by atoms with van der Waals surface area (Å²) in [5.41, 5.74) is 7.81. The van der Waals surface area contributed by atoms with E-state index in [9.17, 15) is 9.90 Å². The number of hydrogen-bond donors (Lipinski definition) is 1. The molecule has 0 spiro atoms. The predicted molar refractivity (Wildman–Crippen MR) is 192 cm³/mol. The van der Waals surface area contributed by atoms with Crippen molar-refractivity contribution >= 4 is 27.5 Å². The van der Waals surface area contributed by atoms with Crippen LogP contribution in [-0.2, 0) is 42.2 Å². The predicted octanol–water partition coefficient (Wildman–Crippen LogP) is 11.6. The molecule has 0 saturated carbocycles. The number of hydrogen-bond acceptors (Lipinski definition) is 3. The quantitative estimate of drug-likeness (QED) is 0.110. The molecule has 3 nitrogen and oxygen atoms in total. The molecule has 4 aromatic rings. The molecule has 0 amide bonds. The van der Waals surface area contributed by atoms with Crippen LogP contribution in [0.4, 0.5) is 0 Å². The molecule has 3 aromatic carbocycles. The zero-order chi connectivity index (χ0) is 32.9. The van der Waals surface area contributed by atoms with Gasteiger partial charge in [-0.2, -0.15) is 0 Å². The molecule has 0 saturated heterocycles. The van der Waals surface area contributed by atoms with Crippen LogP contribution in [0.1, 0.15) is 118 Å². The molecule has 1 aliphatic carbocycles. The molecule has 4 heteroatoms. The molecule has 46 heavy (non-hydrogen) atoms. The summed E-state index contributed by atoms with van der Waals surface area (Å²) in [5, 5.41) is 13.6. The zero-order valence-corrected chi connectivity index (χ0v) is 31.9. The van der Waals surface area contributed by atoms with Gasteiger partial charge in [0.15, 0.2) is 5.78 Å². The van der Waals surface area contributed by atoms with Gasteiger partial charge in [0.2, 0.25) is 0 Å². The second kappa shape index (κ2) is 15.9. The summed E-state index contributed by atoms with van der Waals surface area (Å²) in [7, 11) is 0. The molecule has 0 unspecified atom stereocenters. The van der Waals surface area contributed by atoms with Gasteiger partial charge in [0.25, 0.3) is 0 Å². The van der Waals surface area contributed by atoms with Gasteiger partial charge in [0, 0.05) is 49.1 Å². The molecule has 0 atom stereocenters.